The van der Waals surface area contributed by atoms with Crippen molar-refractivity contribution >= 4 is 28.3 Å². The Balaban J connectivity index is 0.00000408. The maximum Gasteiger partial charge on any atom is 0.268 e. The number of aliphatic hydroxyl groups is 1. The summed E-state index contributed by atoms with van der Waals surface area (Å²) in [5.74, 6) is -0.444. The van der Waals surface area contributed by atoms with Gasteiger partial charge in [-0.2, -0.15) is 0 Å². The minimum absolute atomic E-state index is 0. The molecule has 3 aromatic carbocycles. The van der Waals surface area contributed by atoms with Gasteiger partial charge in [-0.1, -0.05) is 60.7 Å². The molecule has 9 heteroatoms. The Kier molecular flexibility index (Phi) is 10.1. The predicted octanol–water partition coefficient (Wildman–Crippen LogP) is 3.34. The van der Waals surface area contributed by atoms with Gasteiger partial charge in [0.2, 0.25) is 10.0 Å². The topological polar surface area (TPSA) is 105 Å². The molecular weight excluding hydrogens is 476 g/mol. The molecule has 0 radical (unpaired) electrons. The van der Waals surface area contributed by atoms with Gasteiger partial charge < -0.3 is 15.2 Å². The lowest BCUT2D eigenvalue weighted by Gasteiger charge is -2.13. The molecule has 0 aliphatic carbocycles. The molecule has 3 N–H and O–H groups in total. The summed E-state index contributed by atoms with van der Waals surface area (Å²) >= 11 is 0. The third-order valence-corrected chi connectivity index (χ3v) is 5.68. The number of carbonyl (C=O) groups is 1. The zero-order chi connectivity index (χ0) is 23.8. The quantitative estimate of drug-likeness (QED) is 0.366. The lowest BCUT2D eigenvalue weighted by atomic mass is 10.0. The van der Waals surface area contributed by atoms with Crippen LogP contribution in [0.2, 0.25) is 0 Å². The number of aliphatic hydroxyl groups excluding tert-OH is 1. The number of rotatable bonds is 10. The van der Waals surface area contributed by atoms with E-state index in [1.807, 2.05) is 59.3 Å². The summed E-state index contributed by atoms with van der Waals surface area (Å²) in [6, 6.07) is 22.6. The first-order valence-corrected chi connectivity index (χ1v) is 12.4. The standard InChI is InChI=1S/C25H28N2O5S.ClH/c1-32-24-16-21(12-13-22(24)25(29)27-33(2,30)31)19-10-8-18(9-11-19)14-15-26-17-23(28)20-6-4-3-5-7-20;/h3-13,16,23,26,28H,14-15,17H2,1-2H3,(H,27,29);1H/t23-;/m0./s1. The van der Waals surface area contributed by atoms with Gasteiger partial charge in [0.1, 0.15) is 5.75 Å². The number of hydrogen-bond acceptors (Lipinski definition) is 6. The van der Waals surface area contributed by atoms with E-state index in [1.54, 1.807) is 18.2 Å². The van der Waals surface area contributed by atoms with E-state index in [1.165, 1.54) is 7.11 Å². The van der Waals surface area contributed by atoms with Crippen molar-refractivity contribution in [3.63, 3.8) is 0 Å². The Labute approximate surface area is 206 Å². The van der Waals surface area contributed by atoms with E-state index < -0.39 is 22.0 Å². The molecule has 0 saturated carbocycles. The number of methoxy groups -OCH3 is 1. The molecule has 1 atom stereocenters. The molecular formula is C25H29ClN2O5S. The van der Waals surface area contributed by atoms with Crippen molar-refractivity contribution < 1.29 is 23.1 Å². The second kappa shape index (κ2) is 12.5. The zero-order valence-corrected chi connectivity index (χ0v) is 20.7. The van der Waals surface area contributed by atoms with Gasteiger partial charge >= 0.3 is 0 Å². The van der Waals surface area contributed by atoms with Crippen LogP contribution in [-0.4, -0.2) is 45.9 Å². The molecule has 7 nitrogen and oxygen atoms in total. The fourth-order valence-electron chi connectivity index (χ4n) is 3.41. The highest BCUT2D eigenvalue weighted by Crippen LogP contribution is 2.28. The molecule has 3 rings (SSSR count). The number of nitrogens with one attached hydrogen (secondary N) is 2. The summed E-state index contributed by atoms with van der Waals surface area (Å²) in [7, 11) is -2.23. The number of amides is 1. The smallest absolute Gasteiger partial charge is 0.268 e. The van der Waals surface area contributed by atoms with Crippen molar-refractivity contribution in [3.8, 4) is 16.9 Å². The molecule has 34 heavy (non-hydrogen) atoms. The molecule has 182 valence electrons. The third kappa shape index (κ3) is 7.85. The summed E-state index contributed by atoms with van der Waals surface area (Å²) in [4.78, 5) is 12.2. The maximum absolute atomic E-state index is 12.2. The normalized spacial score (nSPS) is 11.9. The van der Waals surface area contributed by atoms with Gasteiger partial charge in [0.05, 0.1) is 25.0 Å². The van der Waals surface area contributed by atoms with Crippen LogP contribution in [0.1, 0.15) is 27.6 Å². The van der Waals surface area contributed by atoms with Crippen LogP contribution < -0.4 is 14.8 Å². The molecule has 0 fully saturated rings. The first kappa shape index (κ1) is 27.3. The SMILES string of the molecule is COc1cc(-c2ccc(CCNC[C@H](O)c3ccccc3)cc2)ccc1C(=O)NS(C)(=O)=O.Cl. The largest absolute Gasteiger partial charge is 0.496 e. The molecule has 0 saturated heterocycles. The van der Waals surface area contributed by atoms with Gasteiger partial charge in [0.15, 0.2) is 0 Å². The van der Waals surface area contributed by atoms with E-state index >= 15 is 0 Å². The highest BCUT2D eigenvalue weighted by atomic mass is 35.5. The van der Waals surface area contributed by atoms with E-state index in [0.717, 1.165) is 41.5 Å². The maximum atomic E-state index is 12.2. The summed E-state index contributed by atoms with van der Waals surface area (Å²) < 4.78 is 29.9. The number of hydrogen-bond donors (Lipinski definition) is 3. The van der Waals surface area contributed by atoms with Gasteiger partial charge in [0.25, 0.3) is 5.91 Å². The van der Waals surface area contributed by atoms with Crippen LogP contribution in [0.25, 0.3) is 11.1 Å². The summed E-state index contributed by atoms with van der Waals surface area (Å²) in [6.07, 6.45) is 1.20. The number of carbonyl (C=O) groups excluding carboxylic acids is 1. The third-order valence-electron chi connectivity index (χ3n) is 5.12. The summed E-state index contributed by atoms with van der Waals surface area (Å²) in [5.41, 5.74) is 3.98. The number of sulfonamides is 1. The minimum atomic E-state index is -3.67. The molecule has 0 unspecified atom stereocenters. The van der Waals surface area contributed by atoms with Crippen LogP contribution in [0.15, 0.2) is 72.8 Å². The van der Waals surface area contributed by atoms with Crippen molar-refractivity contribution in [2.75, 3.05) is 26.5 Å². The molecule has 0 aliphatic heterocycles. The average molecular weight is 505 g/mol. The first-order valence-electron chi connectivity index (χ1n) is 10.5. The Morgan fingerprint density at radius 3 is 2.26 bits per heavy atom. The van der Waals surface area contributed by atoms with Crippen molar-refractivity contribution in [1.29, 1.82) is 0 Å². The van der Waals surface area contributed by atoms with Crippen molar-refractivity contribution in [2.45, 2.75) is 12.5 Å². The number of ether oxygens (including phenoxy) is 1. The van der Waals surface area contributed by atoms with Gasteiger partial charge in [-0.25, -0.2) is 13.1 Å². The van der Waals surface area contributed by atoms with Crippen LogP contribution in [-0.2, 0) is 16.4 Å². The number of halogens is 1. The predicted molar refractivity (Wildman–Crippen MR) is 136 cm³/mol. The molecule has 0 spiro atoms. The highest BCUT2D eigenvalue weighted by molar-refractivity contribution is 7.89. The number of benzene rings is 3. The van der Waals surface area contributed by atoms with Crippen LogP contribution in [0.3, 0.4) is 0 Å². The van der Waals surface area contributed by atoms with Crippen molar-refractivity contribution in [1.82, 2.24) is 10.0 Å². The van der Waals surface area contributed by atoms with Crippen LogP contribution in [0.4, 0.5) is 0 Å². The van der Waals surface area contributed by atoms with E-state index in [4.69, 9.17) is 4.74 Å². The second-order valence-corrected chi connectivity index (χ2v) is 9.44. The Morgan fingerprint density at radius 2 is 1.65 bits per heavy atom. The molecule has 1 amide bonds. The van der Waals surface area contributed by atoms with Gasteiger partial charge in [-0.15, -0.1) is 12.4 Å². The fourth-order valence-corrected chi connectivity index (χ4v) is 3.86. The average Bonchev–Trinajstić information content (AvgIpc) is 2.81. The molecule has 3 aromatic rings. The monoisotopic (exact) mass is 504 g/mol. The molecule has 0 heterocycles. The Morgan fingerprint density at radius 1 is 1.00 bits per heavy atom. The molecule has 0 bridgehead atoms. The first-order chi connectivity index (χ1) is 15.8. The van der Waals surface area contributed by atoms with Gasteiger partial charge in [-0.3, -0.25) is 4.79 Å². The van der Waals surface area contributed by atoms with E-state index in [9.17, 15) is 18.3 Å². The Bertz CT molecular complexity index is 1190. The van der Waals surface area contributed by atoms with Gasteiger partial charge in [0, 0.05) is 6.54 Å². The fraction of sp³-hybridized carbons (Fsp3) is 0.240. The molecule has 0 aromatic heterocycles. The lowest BCUT2D eigenvalue weighted by Crippen LogP contribution is -2.29. The van der Waals surface area contributed by atoms with Crippen LogP contribution in [0.5, 0.6) is 5.75 Å². The lowest BCUT2D eigenvalue weighted by molar-refractivity contribution is 0.0978. The zero-order valence-electron chi connectivity index (χ0n) is 19.0. The van der Waals surface area contributed by atoms with Gasteiger partial charge in [-0.05, 0) is 47.4 Å². The highest BCUT2D eigenvalue weighted by Gasteiger charge is 2.16. The minimum Gasteiger partial charge on any atom is -0.496 e. The van der Waals surface area contributed by atoms with Crippen LogP contribution in [0, 0.1) is 0 Å². The van der Waals surface area contributed by atoms with E-state index in [0.29, 0.717) is 12.3 Å². The van der Waals surface area contributed by atoms with Crippen molar-refractivity contribution in [2.24, 2.45) is 0 Å². The van der Waals surface area contributed by atoms with Crippen molar-refractivity contribution in [3.05, 3.63) is 89.5 Å². The Hall–Kier alpha value is -2.91. The molecule has 0 aliphatic rings. The second-order valence-electron chi connectivity index (χ2n) is 7.70. The van der Waals surface area contributed by atoms with E-state index in [-0.39, 0.29) is 18.0 Å². The summed E-state index contributed by atoms with van der Waals surface area (Å²) in [6.45, 7) is 1.22. The van der Waals surface area contributed by atoms with Crippen LogP contribution >= 0.6 is 12.4 Å². The summed E-state index contributed by atoms with van der Waals surface area (Å²) in [5, 5.41) is 13.5. The van der Waals surface area contributed by atoms with E-state index in [2.05, 4.69) is 5.32 Å².